The van der Waals surface area contributed by atoms with Gasteiger partial charge in [0.1, 0.15) is 0 Å². The molecule has 114 valence electrons. The van der Waals surface area contributed by atoms with Crippen LogP contribution in [0.3, 0.4) is 0 Å². The summed E-state index contributed by atoms with van der Waals surface area (Å²) in [5.74, 6) is -0.312. The third-order valence-electron chi connectivity index (χ3n) is 2.35. The van der Waals surface area contributed by atoms with Crippen LogP contribution in [0.2, 0.25) is 0 Å². The summed E-state index contributed by atoms with van der Waals surface area (Å²) >= 11 is 0. The molecule has 0 saturated carbocycles. The second-order valence-corrected chi connectivity index (χ2v) is 4.06. The van der Waals surface area contributed by atoms with Gasteiger partial charge in [0, 0.05) is 12.7 Å². The highest BCUT2D eigenvalue weighted by molar-refractivity contribution is 5.81. The number of hydrogen-bond acceptors (Lipinski definition) is 4. The van der Waals surface area contributed by atoms with Crippen molar-refractivity contribution in [1.82, 2.24) is 0 Å². The minimum Gasteiger partial charge on any atom is -0.463 e. The van der Waals surface area contributed by atoms with Crippen LogP contribution in [0.1, 0.15) is 52.4 Å². The van der Waals surface area contributed by atoms with Crippen LogP contribution >= 0.6 is 0 Å². The average Bonchev–Trinajstić information content (AvgIpc) is 2.44. The molecule has 0 fully saturated rings. The summed E-state index contributed by atoms with van der Waals surface area (Å²) in [4.78, 5) is 10.6. The second kappa shape index (κ2) is 19.5. The van der Waals surface area contributed by atoms with Crippen molar-refractivity contribution in [3.8, 4) is 0 Å². The summed E-state index contributed by atoms with van der Waals surface area (Å²) in [6.45, 7) is 9.26. The number of aliphatic hydroxyl groups is 1. The molecule has 0 unspecified atom stereocenters. The summed E-state index contributed by atoms with van der Waals surface area (Å²) < 4.78 is 9.57. The van der Waals surface area contributed by atoms with E-state index in [-0.39, 0.29) is 12.6 Å². The summed E-state index contributed by atoms with van der Waals surface area (Å²) in [7, 11) is 0. The normalized spacial score (nSPS) is 9.42. The van der Waals surface area contributed by atoms with E-state index >= 15 is 0 Å². The number of esters is 1. The van der Waals surface area contributed by atoms with Gasteiger partial charge in [-0.3, -0.25) is 0 Å². The Balaban J connectivity index is 0. The third-order valence-corrected chi connectivity index (χ3v) is 2.35. The largest absolute Gasteiger partial charge is 0.463 e. The molecule has 0 spiro atoms. The van der Waals surface area contributed by atoms with Gasteiger partial charge in [-0.25, -0.2) is 4.79 Å². The fourth-order valence-electron chi connectivity index (χ4n) is 1.32. The fourth-order valence-corrected chi connectivity index (χ4v) is 1.32. The van der Waals surface area contributed by atoms with Gasteiger partial charge in [-0.1, -0.05) is 45.6 Å². The molecule has 0 aromatic heterocycles. The van der Waals surface area contributed by atoms with Gasteiger partial charge in [0.15, 0.2) is 0 Å². The standard InChI is InChI=1S/C11H20O2.C4H10O2/c1-3-5-6-7-8-9-10-13-11(12)4-2;1-2-6-4-3-5/h4H,2-3,5-10H2,1H3;5H,2-4H2,1H3. The first-order chi connectivity index (χ1) is 9.22. The lowest BCUT2D eigenvalue weighted by atomic mass is 10.1. The Morgan fingerprint density at radius 1 is 1.11 bits per heavy atom. The van der Waals surface area contributed by atoms with Crippen molar-refractivity contribution < 1.29 is 19.4 Å². The number of carbonyl (C=O) groups is 1. The van der Waals surface area contributed by atoms with E-state index in [0.717, 1.165) is 12.8 Å². The Morgan fingerprint density at radius 3 is 2.21 bits per heavy atom. The van der Waals surface area contributed by atoms with Gasteiger partial charge < -0.3 is 14.6 Å². The van der Waals surface area contributed by atoms with E-state index in [4.69, 9.17) is 14.6 Å². The molecule has 0 bridgehead atoms. The maximum absolute atomic E-state index is 10.6. The Kier molecular flexibility index (Phi) is 21.0. The highest BCUT2D eigenvalue weighted by Gasteiger charge is 1.94. The van der Waals surface area contributed by atoms with Crippen molar-refractivity contribution in [2.24, 2.45) is 0 Å². The lowest BCUT2D eigenvalue weighted by Crippen LogP contribution is -2.01. The topological polar surface area (TPSA) is 55.8 Å². The smallest absolute Gasteiger partial charge is 0.330 e. The number of unbranched alkanes of at least 4 members (excludes halogenated alkanes) is 5. The van der Waals surface area contributed by atoms with Crippen molar-refractivity contribution in [3.05, 3.63) is 12.7 Å². The first kappa shape index (κ1) is 20.4. The van der Waals surface area contributed by atoms with Crippen LogP contribution in [0.15, 0.2) is 12.7 Å². The molecule has 0 rings (SSSR count). The molecule has 0 atom stereocenters. The van der Waals surface area contributed by atoms with Crippen LogP contribution in [0.25, 0.3) is 0 Å². The predicted octanol–water partition coefficient (Wildman–Crippen LogP) is 3.09. The van der Waals surface area contributed by atoms with E-state index in [0.29, 0.717) is 19.8 Å². The van der Waals surface area contributed by atoms with E-state index in [1.807, 2.05) is 6.92 Å². The summed E-state index contributed by atoms with van der Waals surface area (Å²) in [6.07, 6.45) is 8.47. The minimum atomic E-state index is -0.312. The van der Waals surface area contributed by atoms with Gasteiger partial charge in [0.25, 0.3) is 0 Å². The van der Waals surface area contributed by atoms with E-state index in [2.05, 4.69) is 13.5 Å². The maximum Gasteiger partial charge on any atom is 0.330 e. The van der Waals surface area contributed by atoms with Crippen molar-refractivity contribution in [2.75, 3.05) is 26.4 Å². The molecule has 19 heavy (non-hydrogen) atoms. The molecule has 0 amide bonds. The molecule has 0 heterocycles. The van der Waals surface area contributed by atoms with Crippen LogP contribution in [0.5, 0.6) is 0 Å². The van der Waals surface area contributed by atoms with Crippen LogP contribution in [-0.4, -0.2) is 37.5 Å². The molecular weight excluding hydrogens is 244 g/mol. The molecule has 0 aliphatic rings. The van der Waals surface area contributed by atoms with Gasteiger partial charge in [-0.2, -0.15) is 0 Å². The molecule has 0 aromatic rings. The summed E-state index contributed by atoms with van der Waals surface area (Å²) in [5.41, 5.74) is 0. The molecule has 0 aliphatic heterocycles. The summed E-state index contributed by atoms with van der Waals surface area (Å²) in [5, 5.41) is 8.07. The van der Waals surface area contributed by atoms with Gasteiger partial charge in [0.05, 0.1) is 19.8 Å². The van der Waals surface area contributed by atoms with Crippen LogP contribution in [0, 0.1) is 0 Å². The van der Waals surface area contributed by atoms with Crippen LogP contribution in [-0.2, 0) is 14.3 Å². The number of aliphatic hydroxyl groups excluding tert-OH is 1. The molecule has 4 heteroatoms. The van der Waals surface area contributed by atoms with Crippen LogP contribution < -0.4 is 0 Å². The molecule has 0 saturated heterocycles. The van der Waals surface area contributed by atoms with Gasteiger partial charge in [0.2, 0.25) is 0 Å². The van der Waals surface area contributed by atoms with Gasteiger partial charge in [-0.15, -0.1) is 0 Å². The highest BCUT2D eigenvalue weighted by atomic mass is 16.5. The van der Waals surface area contributed by atoms with E-state index in [1.165, 1.54) is 31.8 Å². The zero-order valence-corrected chi connectivity index (χ0v) is 12.5. The van der Waals surface area contributed by atoms with Crippen molar-refractivity contribution >= 4 is 5.97 Å². The fraction of sp³-hybridized carbons (Fsp3) is 0.800. The third kappa shape index (κ3) is 22.7. The zero-order valence-electron chi connectivity index (χ0n) is 12.5. The minimum absolute atomic E-state index is 0.133. The first-order valence-electron chi connectivity index (χ1n) is 7.20. The van der Waals surface area contributed by atoms with Crippen molar-refractivity contribution in [3.63, 3.8) is 0 Å². The lowest BCUT2D eigenvalue weighted by molar-refractivity contribution is -0.137. The lowest BCUT2D eigenvalue weighted by Gasteiger charge is -2.01. The number of hydrogen-bond donors (Lipinski definition) is 1. The average molecular weight is 274 g/mol. The summed E-state index contributed by atoms with van der Waals surface area (Å²) in [6, 6.07) is 0. The van der Waals surface area contributed by atoms with E-state index < -0.39 is 0 Å². The number of carbonyl (C=O) groups excluding carboxylic acids is 1. The molecule has 0 aromatic carbocycles. The Bertz CT molecular complexity index is 189. The monoisotopic (exact) mass is 274 g/mol. The van der Waals surface area contributed by atoms with Crippen molar-refractivity contribution in [2.45, 2.75) is 52.4 Å². The van der Waals surface area contributed by atoms with Crippen LogP contribution in [0.4, 0.5) is 0 Å². The maximum atomic E-state index is 10.6. The first-order valence-corrected chi connectivity index (χ1v) is 7.20. The molecule has 0 radical (unpaired) electrons. The SMILES string of the molecule is C=CC(=O)OCCCCCCCC.CCOCCO. The number of ether oxygens (including phenoxy) is 2. The quantitative estimate of drug-likeness (QED) is 0.357. The molecule has 4 nitrogen and oxygen atoms in total. The highest BCUT2D eigenvalue weighted by Crippen LogP contribution is 2.04. The van der Waals surface area contributed by atoms with Gasteiger partial charge >= 0.3 is 5.97 Å². The predicted molar refractivity (Wildman–Crippen MR) is 78.1 cm³/mol. The van der Waals surface area contributed by atoms with Crippen molar-refractivity contribution in [1.29, 1.82) is 0 Å². The Labute approximate surface area is 117 Å². The molecule has 0 aliphatic carbocycles. The van der Waals surface area contributed by atoms with E-state index in [1.54, 1.807) is 0 Å². The Hall–Kier alpha value is -0.870. The molecule has 1 N–H and O–H groups in total. The molecular formula is C15H30O4. The second-order valence-electron chi connectivity index (χ2n) is 4.06. The Morgan fingerprint density at radius 2 is 1.74 bits per heavy atom. The zero-order chi connectivity index (χ0) is 14.8. The number of rotatable bonds is 11. The van der Waals surface area contributed by atoms with E-state index in [9.17, 15) is 4.79 Å². The van der Waals surface area contributed by atoms with Gasteiger partial charge in [-0.05, 0) is 13.3 Å².